The number of fused-ring (bicyclic) bond motifs is 5. The molecular formula is C25H40O2. The van der Waals surface area contributed by atoms with Gasteiger partial charge in [-0.05, 0) is 113 Å². The van der Waals surface area contributed by atoms with Crippen molar-refractivity contribution in [2.75, 3.05) is 0 Å². The van der Waals surface area contributed by atoms with E-state index in [1.165, 1.54) is 38.5 Å². The molecule has 3 fully saturated rings. The second-order valence-electron chi connectivity index (χ2n) is 11.2. The molecule has 1 N–H and O–H groups in total. The Morgan fingerprint density at radius 2 is 1.89 bits per heavy atom. The predicted molar refractivity (Wildman–Crippen MR) is 110 cm³/mol. The van der Waals surface area contributed by atoms with Crippen LogP contribution in [0.4, 0.5) is 0 Å². The highest BCUT2D eigenvalue weighted by Crippen LogP contribution is 2.63. The lowest BCUT2D eigenvalue weighted by atomic mass is 9.49. The lowest BCUT2D eigenvalue weighted by Gasteiger charge is -2.56. The fourth-order valence-corrected chi connectivity index (χ4v) is 7.85. The zero-order valence-corrected chi connectivity index (χ0v) is 18.0. The molecule has 4 aliphatic rings. The van der Waals surface area contributed by atoms with Crippen LogP contribution in [-0.2, 0) is 4.79 Å². The molecule has 0 spiro atoms. The Bertz CT molecular complexity index is 618. The van der Waals surface area contributed by atoms with Gasteiger partial charge in [-0.25, -0.2) is 0 Å². The molecule has 0 saturated heterocycles. The summed E-state index contributed by atoms with van der Waals surface area (Å²) in [6, 6.07) is 0. The molecule has 2 heteroatoms. The largest absolute Gasteiger partial charge is 0.390 e. The number of ketones is 1. The van der Waals surface area contributed by atoms with E-state index in [1.807, 2.05) is 6.92 Å². The van der Waals surface area contributed by atoms with Gasteiger partial charge in [0.25, 0.3) is 0 Å². The van der Waals surface area contributed by atoms with Gasteiger partial charge in [-0.15, -0.1) is 0 Å². The number of Topliss-reactive ketones (excluding diaryl/α,β-unsaturated/α-hetero) is 1. The van der Waals surface area contributed by atoms with Crippen molar-refractivity contribution >= 4 is 5.78 Å². The van der Waals surface area contributed by atoms with Gasteiger partial charge in [0.15, 0.2) is 0 Å². The van der Waals surface area contributed by atoms with Gasteiger partial charge in [0.1, 0.15) is 5.78 Å². The lowest BCUT2D eigenvalue weighted by Crippen LogP contribution is -2.49. The molecule has 0 aromatic carbocycles. The van der Waals surface area contributed by atoms with Crippen molar-refractivity contribution in [3.63, 3.8) is 0 Å². The van der Waals surface area contributed by atoms with Crippen molar-refractivity contribution in [3.8, 4) is 0 Å². The second-order valence-corrected chi connectivity index (χ2v) is 11.2. The highest BCUT2D eigenvalue weighted by molar-refractivity contribution is 5.75. The molecule has 4 rings (SSSR count). The van der Waals surface area contributed by atoms with Gasteiger partial charge in [0.2, 0.25) is 0 Å². The summed E-state index contributed by atoms with van der Waals surface area (Å²) in [5.41, 5.74) is 1.43. The van der Waals surface area contributed by atoms with Crippen molar-refractivity contribution in [2.24, 2.45) is 40.9 Å². The molecule has 4 aliphatic carbocycles. The third kappa shape index (κ3) is 3.45. The van der Waals surface area contributed by atoms with Gasteiger partial charge in [-0.1, -0.05) is 25.5 Å². The van der Waals surface area contributed by atoms with Crippen LogP contribution in [0.2, 0.25) is 0 Å². The number of hydrogen-bond donors (Lipinski definition) is 1. The van der Waals surface area contributed by atoms with E-state index in [4.69, 9.17) is 0 Å². The summed E-state index contributed by atoms with van der Waals surface area (Å²) < 4.78 is 0. The van der Waals surface area contributed by atoms with E-state index < -0.39 is 5.60 Å². The van der Waals surface area contributed by atoms with E-state index in [9.17, 15) is 9.90 Å². The van der Waals surface area contributed by atoms with Crippen molar-refractivity contribution < 1.29 is 9.90 Å². The average Bonchev–Trinajstić information content (AvgIpc) is 3.04. The molecule has 8 atom stereocenters. The first-order chi connectivity index (χ1) is 12.7. The normalized spacial score (nSPS) is 47.4. The maximum Gasteiger partial charge on any atom is 0.129 e. The zero-order valence-electron chi connectivity index (χ0n) is 18.0. The monoisotopic (exact) mass is 372 g/mol. The number of hydrogen-bond acceptors (Lipinski definition) is 2. The molecule has 27 heavy (non-hydrogen) atoms. The molecule has 0 aromatic heterocycles. The highest BCUT2D eigenvalue weighted by atomic mass is 16.3. The standard InChI is InChI=1S/C25H40O2/c1-16(5-6-17(2)26)19-9-10-21-20(19)11-12-23-22(21)8-7-18-15-24(3,27)13-14-25(18,23)4/h7,16,19-23,27H,5-6,8-15H2,1-4H3/t16-,19-,20-,21-,22+,23+,24+,25+/m1/s1. The first-order valence-corrected chi connectivity index (χ1v) is 11.6. The first kappa shape index (κ1) is 19.7. The van der Waals surface area contributed by atoms with Gasteiger partial charge in [0, 0.05) is 6.42 Å². The first-order valence-electron chi connectivity index (χ1n) is 11.6. The lowest BCUT2D eigenvalue weighted by molar-refractivity contribution is -0.117. The van der Waals surface area contributed by atoms with Crippen molar-refractivity contribution in [1.29, 1.82) is 0 Å². The summed E-state index contributed by atoms with van der Waals surface area (Å²) in [4.78, 5) is 11.4. The summed E-state index contributed by atoms with van der Waals surface area (Å²) in [6.07, 6.45) is 14.3. The molecule has 0 unspecified atom stereocenters. The minimum absolute atomic E-state index is 0.342. The van der Waals surface area contributed by atoms with E-state index in [1.54, 1.807) is 12.5 Å². The van der Waals surface area contributed by atoms with E-state index >= 15 is 0 Å². The smallest absolute Gasteiger partial charge is 0.129 e. The van der Waals surface area contributed by atoms with Gasteiger partial charge in [-0.3, -0.25) is 0 Å². The van der Waals surface area contributed by atoms with Crippen LogP contribution in [-0.4, -0.2) is 16.5 Å². The van der Waals surface area contributed by atoms with Crippen molar-refractivity contribution in [1.82, 2.24) is 0 Å². The zero-order chi connectivity index (χ0) is 19.4. The van der Waals surface area contributed by atoms with Crippen molar-refractivity contribution in [3.05, 3.63) is 11.6 Å². The van der Waals surface area contributed by atoms with Crippen LogP contribution in [0.25, 0.3) is 0 Å². The maximum atomic E-state index is 11.4. The number of rotatable bonds is 4. The summed E-state index contributed by atoms with van der Waals surface area (Å²) in [5.74, 6) is 5.41. The SMILES string of the molecule is CC(=O)CC[C@@H](C)[C@H]1CC[C@@H]2[C@@H]1CC[C@H]1[C@H]2CC=C2C[C@@](C)(O)CC[C@@]21C. The molecule has 0 aromatic rings. The number of carbonyl (C=O) groups excluding carboxylic acids is 1. The Morgan fingerprint density at radius 3 is 2.63 bits per heavy atom. The topological polar surface area (TPSA) is 37.3 Å². The predicted octanol–water partition coefficient (Wildman–Crippen LogP) is 5.93. The summed E-state index contributed by atoms with van der Waals surface area (Å²) in [7, 11) is 0. The Hall–Kier alpha value is -0.630. The second kappa shape index (κ2) is 7.01. The molecule has 2 nitrogen and oxygen atoms in total. The minimum Gasteiger partial charge on any atom is -0.390 e. The van der Waals surface area contributed by atoms with Gasteiger partial charge >= 0.3 is 0 Å². The molecule has 3 saturated carbocycles. The van der Waals surface area contributed by atoms with E-state index in [2.05, 4.69) is 19.9 Å². The number of carbonyl (C=O) groups is 1. The third-order valence-corrected chi connectivity index (χ3v) is 9.44. The molecule has 0 bridgehead atoms. The van der Waals surface area contributed by atoms with Crippen LogP contribution in [0.1, 0.15) is 91.9 Å². The van der Waals surface area contributed by atoms with Crippen molar-refractivity contribution in [2.45, 2.75) is 97.5 Å². The Labute approximate surface area is 166 Å². The minimum atomic E-state index is -0.486. The molecule has 0 aliphatic heterocycles. The van der Waals surface area contributed by atoms with E-state index in [0.29, 0.717) is 17.1 Å². The van der Waals surface area contributed by atoms with Crippen LogP contribution in [0.15, 0.2) is 11.6 Å². The summed E-state index contributed by atoms with van der Waals surface area (Å²) in [5, 5.41) is 10.6. The maximum absolute atomic E-state index is 11.4. The molecular weight excluding hydrogens is 332 g/mol. The quantitative estimate of drug-likeness (QED) is 0.621. The summed E-state index contributed by atoms with van der Waals surface area (Å²) >= 11 is 0. The van der Waals surface area contributed by atoms with Crippen LogP contribution in [0, 0.1) is 40.9 Å². The highest BCUT2D eigenvalue weighted by Gasteiger charge is 2.55. The fraction of sp³-hybridized carbons (Fsp3) is 0.880. The molecule has 0 amide bonds. The molecule has 0 radical (unpaired) electrons. The Morgan fingerprint density at radius 1 is 1.15 bits per heavy atom. The molecule has 152 valence electrons. The van der Waals surface area contributed by atoms with Gasteiger partial charge < -0.3 is 9.90 Å². The van der Waals surface area contributed by atoms with E-state index in [-0.39, 0.29) is 0 Å². The van der Waals surface area contributed by atoms with Gasteiger partial charge in [0.05, 0.1) is 5.60 Å². The third-order valence-electron chi connectivity index (χ3n) is 9.44. The summed E-state index contributed by atoms with van der Waals surface area (Å²) in [6.45, 7) is 8.70. The van der Waals surface area contributed by atoms with Crippen LogP contribution >= 0.6 is 0 Å². The Balaban J connectivity index is 1.49. The fourth-order valence-electron chi connectivity index (χ4n) is 7.85. The number of aliphatic hydroxyl groups is 1. The van der Waals surface area contributed by atoms with Gasteiger partial charge in [-0.2, -0.15) is 0 Å². The van der Waals surface area contributed by atoms with Crippen LogP contribution in [0.5, 0.6) is 0 Å². The molecule has 0 heterocycles. The van der Waals surface area contributed by atoms with Crippen LogP contribution in [0.3, 0.4) is 0 Å². The number of allylic oxidation sites excluding steroid dienone is 1. The average molecular weight is 373 g/mol. The van der Waals surface area contributed by atoms with Crippen LogP contribution < -0.4 is 0 Å². The van der Waals surface area contributed by atoms with E-state index in [0.717, 1.165) is 55.3 Å². The Kier molecular flexibility index (Phi) is 5.11.